The molecule has 0 spiro atoms. The molecule has 0 fully saturated rings. The number of alkyl halides is 3. The summed E-state index contributed by atoms with van der Waals surface area (Å²) < 4.78 is 53.4. The second-order valence-corrected chi connectivity index (χ2v) is 4.58. The van der Waals surface area contributed by atoms with Crippen molar-refractivity contribution in [2.75, 3.05) is 6.54 Å². The van der Waals surface area contributed by atoms with Gasteiger partial charge in [0, 0.05) is 12.1 Å². The fourth-order valence-electron chi connectivity index (χ4n) is 1.99. The summed E-state index contributed by atoms with van der Waals surface area (Å²) in [5.74, 6) is -0.510. The molecule has 7 heteroatoms. The van der Waals surface area contributed by atoms with Crippen LogP contribution in [0, 0.1) is 5.82 Å². The molecular weight excluding hydrogens is 286 g/mol. The number of benzene rings is 1. The van der Waals surface area contributed by atoms with Crippen LogP contribution in [-0.2, 0) is 12.7 Å². The third-order valence-electron chi connectivity index (χ3n) is 2.93. The Kier molecular flexibility index (Phi) is 4.62. The van der Waals surface area contributed by atoms with Crippen molar-refractivity contribution < 1.29 is 17.6 Å². The first kappa shape index (κ1) is 15.5. The van der Waals surface area contributed by atoms with Gasteiger partial charge in [0.2, 0.25) is 0 Å². The highest BCUT2D eigenvalue weighted by Crippen LogP contribution is 2.33. The molecule has 1 aromatic carbocycles. The molecule has 2 aromatic rings. The minimum Gasteiger partial charge on any atom is -0.313 e. The normalized spacial score (nSPS) is 11.9. The molecule has 0 saturated carbocycles. The van der Waals surface area contributed by atoms with E-state index in [0.29, 0.717) is 6.54 Å². The summed E-state index contributed by atoms with van der Waals surface area (Å²) in [6.45, 7) is 2.64. The van der Waals surface area contributed by atoms with Gasteiger partial charge in [-0.3, -0.25) is 0 Å². The Morgan fingerprint density at radius 3 is 2.43 bits per heavy atom. The Bertz CT molecular complexity index is 587. The average molecular weight is 301 g/mol. The summed E-state index contributed by atoms with van der Waals surface area (Å²) in [7, 11) is 0. The van der Waals surface area contributed by atoms with Gasteiger partial charge in [-0.15, -0.1) is 0 Å². The van der Waals surface area contributed by atoms with Crippen molar-refractivity contribution in [3.8, 4) is 5.69 Å². The molecule has 0 saturated heterocycles. The van der Waals surface area contributed by atoms with Crippen molar-refractivity contribution in [3.63, 3.8) is 0 Å². The van der Waals surface area contributed by atoms with Crippen molar-refractivity contribution in [1.82, 2.24) is 15.1 Å². The molecule has 0 atom stereocenters. The second-order valence-electron chi connectivity index (χ2n) is 4.58. The predicted molar refractivity (Wildman–Crippen MR) is 70.5 cm³/mol. The molecule has 114 valence electrons. The first-order valence-corrected chi connectivity index (χ1v) is 6.54. The lowest BCUT2D eigenvalue weighted by molar-refractivity contribution is -0.143. The van der Waals surface area contributed by atoms with E-state index in [1.165, 1.54) is 18.3 Å². The monoisotopic (exact) mass is 301 g/mol. The van der Waals surface area contributed by atoms with Crippen LogP contribution >= 0.6 is 0 Å². The largest absolute Gasteiger partial charge is 0.433 e. The van der Waals surface area contributed by atoms with Crippen LogP contribution in [0.3, 0.4) is 0 Å². The van der Waals surface area contributed by atoms with E-state index < -0.39 is 17.7 Å². The quantitative estimate of drug-likeness (QED) is 0.676. The van der Waals surface area contributed by atoms with Gasteiger partial charge in [0.05, 0.1) is 11.9 Å². The van der Waals surface area contributed by atoms with Crippen molar-refractivity contribution in [1.29, 1.82) is 0 Å². The SMILES string of the molecule is CCCNCc1cnn(-c2ccc(F)cc2)c1C(F)(F)F. The number of nitrogens with zero attached hydrogens (tertiary/aromatic N) is 2. The average Bonchev–Trinajstić information content (AvgIpc) is 2.84. The molecule has 1 heterocycles. The van der Waals surface area contributed by atoms with E-state index in [2.05, 4.69) is 10.4 Å². The lowest BCUT2D eigenvalue weighted by atomic mass is 10.2. The van der Waals surface area contributed by atoms with Crippen LogP contribution in [0.4, 0.5) is 17.6 Å². The topological polar surface area (TPSA) is 29.9 Å². The van der Waals surface area contributed by atoms with Gasteiger partial charge < -0.3 is 5.32 Å². The molecule has 0 radical (unpaired) electrons. The van der Waals surface area contributed by atoms with E-state index in [4.69, 9.17) is 0 Å². The molecule has 0 unspecified atom stereocenters. The van der Waals surface area contributed by atoms with Crippen LogP contribution in [-0.4, -0.2) is 16.3 Å². The molecule has 0 aliphatic heterocycles. The molecular formula is C14H15F4N3. The van der Waals surface area contributed by atoms with Gasteiger partial charge in [-0.1, -0.05) is 6.92 Å². The highest BCUT2D eigenvalue weighted by molar-refractivity contribution is 5.36. The zero-order valence-electron chi connectivity index (χ0n) is 11.4. The number of rotatable bonds is 5. The maximum atomic E-state index is 13.3. The lowest BCUT2D eigenvalue weighted by Gasteiger charge is -2.13. The zero-order valence-corrected chi connectivity index (χ0v) is 11.4. The Morgan fingerprint density at radius 1 is 1.19 bits per heavy atom. The predicted octanol–water partition coefficient (Wildman–Crippen LogP) is 3.53. The van der Waals surface area contributed by atoms with Gasteiger partial charge >= 0.3 is 6.18 Å². The highest BCUT2D eigenvalue weighted by atomic mass is 19.4. The molecule has 0 bridgehead atoms. The summed E-state index contributed by atoms with van der Waals surface area (Å²) in [4.78, 5) is 0. The highest BCUT2D eigenvalue weighted by Gasteiger charge is 2.38. The van der Waals surface area contributed by atoms with Gasteiger partial charge in [0.1, 0.15) is 5.82 Å². The second kappa shape index (κ2) is 6.26. The number of hydrogen-bond donors (Lipinski definition) is 1. The van der Waals surface area contributed by atoms with Crippen molar-refractivity contribution >= 4 is 0 Å². The summed E-state index contributed by atoms with van der Waals surface area (Å²) in [5.41, 5.74) is -0.594. The van der Waals surface area contributed by atoms with Crippen molar-refractivity contribution in [2.45, 2.75) is 26.1 Å². The van der Waals surface area contributed by atoms with Gasteiger partial charge in [0.25, 0.3) is 0 Å². The summed E-state index contributed by atoms with van der Waals surface area (Å²) in [6.07, 6.45) is -2.52. The fraction of sp³-hybridized carbons (Fsp3) is 0.357. The minimum absolute atomic E-state index is 0.0697. The number of nitrogens with one attached hydrogen (secondary N) is 1. The Hall–Kier alpha value is -1.89. The van der Waals surface area contributed by atoms with Gasteiger partial charge in [-0.05, 0) is 37.2 Å². The van der Waals surface area contributed by atoms with E-state index in [9.17, 15) is 17.6 Å². The summed E-state index contributed by atoms with van der Waals surface area (Å²) in [6, 6.07) is 4.74. The van der Waals surface area contributed by atoms with Gasteiger partial charge in [0.15, 0.2) is 5.69 Å². The van der Waals surface area contributed by atoms with E-state index in [1.54, 1.807) is 0 Å². The van der Waals surface area contributed by atoms with Crippen LogP contribution in [0.1, 0.15) is 24.6 Å². The number of halogens is 4. The van der Waals surface area contributed by atoms with E-state index in [1.807, 2.05) is 6.92 Å². The van der Waals surface area contributed by atoms with Crippen LogP contribution in [0.25, 0.3) is 5.69 Å². The molecule has 3 nitrogen and oxygen atoms in total. The number of aromatic nitrogens is 2. The van der Waals surface area contributed by atoms with E-state index in [-0.39, 0.29) is 17.8 Å². The molecule has 1 N–H and O–H groups in total. The standard InChI is InChI=1S/C14H15F4N3/c1-2-7-19-8-10-9-20-21(13(10)14(16,17)18)12-5-3-11(15)4-6-12/h3-6,9,19H,2,7-8H2,1H3. The smallest absolute Gasteiger partial charge is 0.313 e. The fourth-order valence-corrected chi connectivity index (χ4v) is 1.99. The lowest BCUT2D eigenvalue weighted by Crippen LogP contribution is -2.20. The van der Waals surface area contributed by atoms with Crippen LogP contribution < -0.4 is 5.32 Å². The Labute approximate surface area is 119 Å². The van der Waals surface area contributed by atoms with Crippen LogP contribution in [0.15, 0.2) is 30.5 Å². The minimum atomic E-state index is -4.53. The third kappa shape index (κ3) is 3.60. The first-order valence-electron chi connectivity index (χ1n) is 6.54. The van der Waals surface area contributed by atoms with E-state index >= 15 is 0 Å². The maximum absolute atomic E-state index is 13.3. The Balaban J connectivity index is 2.39. The number of hydrogen-bond acceptors (Lipinski definition) is 2. The molecule has 1 aromatic heterocycles. The maximum Gasteiger partial charge on any atom is 0.433 e. The molecule has 21 heavy (non-hydrogen) atoms. The molecule has 0 aliphatic rings. The third-order valence-corrected chi connectivity index (χ3v) is 2.93. The van der Waals surface area contributed by atoms with Crippen molar-refractivity contribution in [3.05, 3.63) is 47.5 Å². The zero-order chi connectivity index (χ0) is 15.5. The molecule has 0 amide bonds. The first-order chi connectivity index (χ1) is 9.93. The van der Waals surface area contributed by atoms with Gasteiger partial charge in [-0.2, -0.15) is 18.3 Å². The molecule has 0 aliphatic carbocycles. The van der Waals surface area contributed by atoms with Crippen LogP contribution in [0.2, 0.25) is 0 Å². The van der Waals surface area contributed by atoms with Crippen molar-refractivity contribution in [2.24, 2.45) is 0 Å². The summed E-state index contributed by atoms with van der Waals surface area (Å²) in [5, 5.41) is 6.72. The summed E-state index contributed by atoms with van der Waals surface area (Å²) >= 11 is 0. The van der Waals surface area contributed by atoms with Gasteiger partial charge in [-0.25, -0.2) is 9.07 Å². The molecule has 2 rings (SSSR count). The Morgan fingerprint density at radius 2 is 1.86 bits per heavy atom. The van der Waals surface area contributed by atoms with Crippen LogP contribution in [0.5, 0.6) is 0 Å². The van der Waals surface area contributed by atoms with E-state index in [0.717, 1.165) is 23.2 Å².